The van der Waals surface area contributed by atoms with Crippen LogP contribution in [0.4, 0.5) is 0 Å². The van der Waals surface area contributed by atoms with Crippen LogP contribution >= 0.6 is 0 Å². The summed E-state index contributed by atoms with van der Waals surface area (Å²) in [6.07, 6.45) is 14.6. The number of amides is 1. The monoisotopic (exact) mass is 444 g/mol. The van der Waals surface area contributed by atoms with E-state index in [1.54, 1.807) is 17.6 Å². The first kappa shape index (κ1) is 21.9. The minimum Gasteiger partial charge on any atom is -0.328 e. The molecular weight excluding hydrogens is 412 g/mol. The second-order valence-electron chi connectivity index (χ2n) is 9.46. The zero-order valence-electron chi connectivity index (χ0n) is 19.0. The molecule has 1 aromatic carbocycles. The van der Waals surface area contributed by atoms with Gasteiger partial charge < -0.3 is 4.57 Å². The number of fused-ring (bicyclic) bond motifs is 1. The first-order valence-corrected chi connectivity index (χ1v) is 12.1. The highest BCUT2D eigenvalue weighted by Crippen LogP contribution is 2.28. The Morgan fingerprint density at radius 3 is 2.67 bits per heavy atom. The second-order valence-corrected chi connectivity index (χ2v) is 9.46. The molecule has 3 heterocycles. The standard InChI is InChI=1S/C27H32N4O2/c32-27(29-33)23-8-6-21(7-9-23)19-31-15-12-24-16-25(17-28-26(24)31)22-10-13-30(14-11-22)18-20-4-2-1-3-5-20/h6-10,12,15-17,20,33H,1-5,11,13-14,18-19H2,(H,29,32). The van der Waals surface area contributed by atoms with E-state index in [0.717, 1.165) is 42.0 Å². The SMILES string of the molecule is O=C(NO)c1ccc(Cn2ccc3cc(C4=CCN(CC5CCCCC5)CC4)cnc32)cc1. The van der Waals surface area contributed by atoms with E-state index in [2.05, 4.69) is 33.9 Å². The quantitative estimate of drug-likeness (QED) is 0.420. The van der Waals surface area contributed by atoms with Crippen LogP contribution in [-0.2, 0) is 6.54 Å². The summed E-state index contributed by atoms with van der Waals surface area (Å²) >= 11 is 0. The van der Waals surface area contributed by atoms with Gasteiger partial charge in [-0.05, 0) is 66.1 Å². The van der Waals surface area contributed by atoms with Gasteiger partial charge >= 0.3 is 0 Å². The number of nitrogens with zero attached hydrogens (tertiary/aromatic N) is 3. The van der Waals surface area contributed by atoms with Crippen LogP contribution in [-0.4, -0.2) is 45.2 Å². The van der Waals surface area contributed by atoms with Crippen LogP contribution in [0.15, 0.2) is 54.9 Å². The third-order valence-electron chi connectivity index (χ3n) is 7.18. The molecule has 0 bridgehead atoms. The summed E-state index contributed by atoms with van der Waals surface area (Å²) in [5, 5.41) is 9.91. The predicted octanol–water partition coefficient (Wildman–Crippen LogP) is 4.87. The molecule has 0 atom stereocenters. The van der Waals surface area contributed by atoms with Crippen LogP contribution in [0.1, 0.15) is 60.0 Å². The Labute approximate surface area is 194 Å². The highest BCUT2D eigenvalue weighted by Gasteiger charge is 2.20. The minimum absolute atomic E-state index is 0.430. The van der Waals surface area contributed by atoms with Crippen molar-refractivity contribution in [2.45, 2.75) is 45.1 Å². The first-order valence-electron chi connectivity index (χ1n) is 12.1. The van der Waals surface area contributed by atoms with E-state index < -0.39 is 5.91 Å². The number of rotatable bonds is 6. The normalized spacial score (nSPS) is 17.8. The van der Waals surface area contributed by atoms with E-state index in [9.17, 15) is 4.79 Å². The Bertz CT molecular complexity index is 1140. The molecule has 1 saturated carbocycles. The van der Waals surface area contributed by atoms with E-state index in [0.29, 0.717) is 12.1 Å². The number of carbonyl (C=O) groups is 1. The molecule has 2 aromatic heterocycles. The average Bonchev–Trinajstić information content (AvgIpc) is 3.27. The molecule has 0 radical (unpaired) electrons. The largest absolute Gasteiger partial charge is 0.328 e. The maximum atomic E-state index is 11.5. The van der Waals surface area contributed by atoms with Crippen LogP contribution in [0.25, 0.3) is 16.6 Å². The summed E-state index contributed by atoms with van der Waals surface area (Å²) < 4.78 is 2.13. The van der Waals surface area contributed by atoms with Gasteiger partial charge in [-0.2, -0.15) is 0 Å². The van der Waals surface area contributed by atoms with Gasteiger partial charge in [0.2, 0.25) is 0 Å². The molecule has 33 heavy (non-hydrogen) atoms. The van der Waals surface area contributed by atoms with E-state index >= 15 is 0 Å². The van der Waals surface area contributed by atoms with Crippen molar-refractivity contribution >= 4 is 22.5 Å². The molecular formula is C27H32N4O2. The third-order valence-corrected chi connectivity index (χ3v) is 7.18. The van der Waals surface area contributed by atoms with Gasteiger partial charge in [-0.15, -0.1) is 0 Å². The smallest absolute Gasteiger partial charge is 0.274 e. The molecule has 172 valence electrons. The highest BCUT2D eigenvalue weighted by molar-refractivity contribution is 5.93. The molecule has 6 heteroatoms. The number of hydroxylamine groups is 1. The summed E-state index contributed by atoms with van der Waals surface area (Å²) in [6.45, 7) is 4.13. The van der Waals surface area contributed by atoms with Gasteiger partial charge in [0, 0.05) is 49.5 Å². The van der Waals surface area contributed by atoms with Crippen LogP contribution in [0, 0.1) is 5.92 Å². The molecule has 1 fully saturated rings. The maximum absolute atomic E-state index is 11.5. The van der Waals surface area contributed by atoms with E-state index in [-0.39, 0.29) is 0 Å². The molecule has 5 rings (SSSR count). The van der Waals surface area contributed by atoms with E-state index in [1.807, 2.05) is 18.3 Å². The Morgan fingerprint density at radius 2 is 1.94 bits per heavy atom. The summed E-state index contributed by atoms with van der Waals surface area (Å²) in [4.78, 5) is 18.9. The van der Waals surface area contributed by atoms with Crippen molar-refractivity contribution < 1.29 is 10.0 Å². The van der Waals surface area contributed by atoms with Crippen molar-refractivity contribution in [1.29, 1.82) is 0 Å². The van der Waals surface area contributed by atoms with Crippen molar-refractivity contribution in [2.75, 3.05) is 19.6 Å². The molecule has 1 aliphatic heterocycles. The first-order chi connectivity index (χ1) is 16.2. The number of carbonyl (C=O) groups excluding carboxylic acids is 1. The molecule has 2 N–H and O–H groups in total. The van der Waals surface area contributed by atoms with Gasteiger partial charge in [-0.1, -0.05) is 37.5 Å². The maximum Gasteiger partial charge on any atom is 0.274 e. The summed E-state index contributed by atoms with van der Waals surface area (Å²) in [7, 11) is 0. The molecule has 0 spiro atoms. The number of benzene rings is 1. The van der Waals surface area contributed by atoms with E-state index in [1.165, 1.54) is 49.8 Å². The van der Waals surface area contributed by atoms with Gasteiger partial charge in [-0.3, -0.25) is 14.9 Å². The van der Waals surface area contributed by atoms with Crippen molar-refractivity contribution in [1.82, 2.24) is 19.9 Å². The molecule has 0 unspecified atom stereocenters. The van der Waals surface area contributed by atoms with Crippen molar-refractivity contribution in [2.24, 2.45) is 5.92 Å². The highest BCUT2D eigenvalue weighted by atomic mass is 16.5. The average molecular weight is 445 g/mol. The summed E-state index contributed by atoms with van der Waals surface area (Å²) in [5.41, 5.74) is 6.77. The fourth-order valence-corrected chi connectivity index (χ4v) is 5.28. The molecule has 3 aromatic rings. The number of hydrogen-bond donors (Lipinski definition) is 2. The fraction of sp³-hybridized carbons (Fsp3) is 0.407. The number of pyridine rings is 1. The van der Waals surface area contributed by atoms with Gasteiger partial charge in [0.25, 0.3) is 5.91 Å². The summed E-state index contributed by atoms with van der Waals surface area (Å²) in [5.74, 6) is 0.394. The number of nitrogens with one attached hydrogen (secondary N) is 1. The Kier molecular flexibility index (Phi) is 6.55. The zero-order valence-corrected chi connectivity index (χ0v) is 19.0. The lowest BCUT2D eigenvalue weighted by atomic mass is 9.88. The zero-order chi connectivity index (χ0) is 22.6. The number of hydrogen-bond acceptors (Lipinski definition) is 4. The predicted molar refractivity (Wildman–Crippen MR) is 130 cm³/mol. The Morgan fingerprint density at radius 1 is 1.12 bits per heavy atom. The molecule has 6 nitrogen and oxygen atoms in total. The molecule has 2 aliphatic rings. The van der Waals surface area contributed by atoms with E-state index in [4.69, 9.17) is 10.2 Å². The van der Waals surface area contributed by atoms with Crippen molar-refractivity contribution in [3.05, 3.63) is 71.6 Å². The Hall–Kier alpha value is -2.96. The van der Waals surface area contributed by atoms with Crippen LogP contribution in [0.5, 0.6) is 0 Å². The van der Waals surface area contributed by atoms with Gasteiger partial charge in [0.1, 0.15) is 5.65 Å². The molecule has 0 saturated heterocycles. The third kappa shape index (κ3) is 5.02. The van der Waals surface area contributed by atoms with Gasteiger partial charge in [-0.25, -0.2) is 10.5 Å². The summed E-state index contributed by atoms with van der Waals surface area (Å²) in [6, 6.07) is 11.6. The molecule has 1 amide bonds. The van der Waals surface area contributed by atoms with Crippen LogP contribution < -0.4 is 5.48 Å². The molecule has 1 aliphatic carbocycles. The minimum atomic E-state index is -0.503. The fourth-order valence-electron chi connectivity index (χ4n) is 5.28. The van der Waals surface area contributed by atoms with Crippen LogP contribution in [0.3, 0.4) is 0 Å². The van der Waals surface area contributed by atoms with Gasteiger partial charge in [0.05, 0.1) is 0 Å². The Balaban J connectivity index is 1.25. The topological polar surface area (TPSA) is 70.4 Å². The van der Waals surface area contributed by atoms with Crippen molar-refractivity contribution in [3.8, 4) is 0 Å². The van der Waals surface area contributed by atoms with Crippen molar-refractivity contribution in [3.63, 3.8) is 0 Å². The van der Waals surface area contributed by atoms with Gasteiger partial charge in [0.15, 0.2) is 0 Å². The van der Waals surface area contributed by atoms with Crippen LogP contribution in [0.2, 0.25) is 0 Å². The second kappa shape index (κ2) is 9.89. The number of aromatic nitrogens is 2. The lowest BCUT2D eigenvalue weighted by molar-refractivity contribution is 0.0706. The lowest BCUT2D eigenvalue weighted by Crippen LogP contribution is -2.34. The lowest BCUT2D eigenvalue weighted by Gasteiger charge is -2.31.